The third-order valence-corrected chi connectivity index (χ3v) is 3.33. The van der Waals surface area contributed by atoms with Gasteiger partial charge in [0.15, 0.2) is 0 Å². The summed E-state index contributed by atoms with van der Waals surface area (Å²) in [5.74, 6) is 0. The second-order valence-electron chi connectivity index (χ2n) is 5.37. The minimum Gasteiger partial charge on any atom is -0.377 e. The van der Waals surface area contributed by atoms with Crippen LogP contribution in [-0.2, 0) is 11.2 Å². The number of hydrogen-bond acceptors (Lipinski definition) is 2. The zero-order valence-electron chi connectivity index (χ0n) is 12.7. The Morgan fingerprint density at radius 1 is 1.16 bits per heavy atom. The first kappa shape index (κ1) is 16.2. The molecule has 19 heavy (non-hydrogen) atoms. The van der Waals surface area contributed by atoms with Crippen molar-refractivity contribution in [2.24, 2.45) is 0 Å². The molecule has 0 bridgehead atoms. The average Bonchev–Trinajstić information content (AvgIpc) is 2.43. The van der Waals surface area contributed by atoms with Gasteiger partial charge in [-0.05, 0) is 38.7 Å². The molecule has 1 aromatic carbocycles. The summed E-state index contributed by atoms with van der Waals surface area (Å²) in [6.07, 6.45) is 4.97. The lowest BCUT2D eigenvalue weighted by atomic mass is 10.1. The topological polar surface area (TPSA) is 21.3 Å². The monoisotopic (exact) mass is 263 g/mol. The van der Waals surface area contributed by atoms with Crippen LogP contribution in [0.15, 0.2) is 30.3 Å². The zero-order chi connectivity index (χ0) is 13.9. The van der Waals surface area contributed by atoms with Crippen LogP contribution >= 0.6 is 0 Å². The quantitative estimate of drug-likeness (QED) is 0.648. The lowest BCUT2D eigenvalue weighted by molar-refractivity contribution is 0.0625. The van der Waals surface area contributed by atoms with E-state index in [1.807, 2.05) is 0 Å². The Labute approximate surface area is 118 Å². The Kier molecular flexibility index (Phi) is 8.52. The van der Waals surface area contributed by atoms with E-state index >= 15 is 0 Å². The number of ether oxygens (including phenoxy) is 1. The number of nitrogens with one attached hydrogen (secondary N) is 1. The lowest BCUT2D eigenvalue weighted by Crippen LogP contribution is -2.33. The second-order valence-corrected chi connectivity index (χ2v) is 5.37. The Hall–Kier alpha value is -0.860. The molecule has 0 aromatic heterocycles. The smallest absolute Gasteiger partial charge is 0.0671 e. The van der Waals surface area contributed by atoms with Crippen LogP contribution in [-0.4, -0.2) is 25.3 Å². The molecule has 2 atom stereocenters. The summed E-state index contributed by atoms with van der Waals surface area (Å²) < 4.78 is 5.83. The van der Waals surface area contributed by atoms with Crippen molar-refractivity contribution in [1.82, 2.24) is 5.32 Å². The molecule has 0 saturated heterocycles. The lowest BCUT2D eigenvalue weighted by Gasteiger charge is -2.18. The van der Waals surface area contributed by atoms with Crippen molar-refractivity contribution in [1.29, 1.82) is 0 Å². The molecule has 0 spiro atoms. The molecule has 1 N–H and O–H groups in total. The first-order valence-electron chi connectivity index (χ1n) is 7.61. The molecule has 2 heteroatoms. The normalized spacial score (nSPS) is 14.3. The molecular weight excluding hydrogens is 234 g/mol. The second kappa shape index (κ2) is 9.99. The standard InChI is InChI=1S/C17H29NO/c1-4-9-15(2)18-14-16(3)19-13-8-12-17-10-6-5-7-11-17/h5-7,10-11,15-16,18H,4,8-9,12-14H2,1-3H3. The highest BCUT2D eigenvalue weighted by Gasteiger charge is 2.05. The van der Waals surface area contributed by atoms with Crippen molar-refractivity contribution in [3.63, 3.8) is 0 Å². The van der Waals surface area contributed by atoms with E-state index in [1.54, 1.807) is 0 Å². The fourth-order valence-corrected chi connectivity index (χ4v) is 2.17. The van der Waals surface area contributed by atoms with Gasteiger partial charge in [0.05, 0.1) is 6.10 Å². The molecular formula is C17H29NO. The molecule has 0 heterocycles. The van der Waals surface area contributed by atoms with Gasteiger partial charge in [0.25, 0.3) is 0 Å². The number of aryl methyl sites for hydroxylation is 1. The minimum atomic E-state index is 0.301. The average molecular weight is 263 g/mol. The third-order valence-electron chi connectivity index (χ3n) is 3.33. The Balaban J connectivity index is 2.02. The van der Waals surface area contributed by atoms with E-state index in [0.29, 0.717) is 12.1 Å². The maximum Gasteiger partial charge on any atom is 0.0671 e. The van der Waals surface area contributed by atoms with Gasteiger partial charge in [-0.25, -0.2) is 0 Å². The molecule has 0 aliphatic heterocycles. The molecule has 2 unspecified atom stereocenters. The molecule has 0 radical (unpaired) electrons. The SMILES string of the molecule is CCCC(C)NCC(C)OCCCc1ccccc1. The molecule has 0 fully saturated rings. The Morgan fingerprint density at radius 2 is 1.89 bits per heavy atom. The van der Waals surface area contributed by atoms with Crippen molar-refractivity contribution < 1.29 is 4.74 Å². The maximum absolute atomic E-state index is 5.83. The van der Waals surface area contributed by atoms with Gasteiger partial charge in [-0.2, -0.15) is 0 Å². The van der Waals surface area contributed by atoms with Crippen LogP contribution in [0.3, 0.4) is 0 Å². The highest BCUT2D eigenvalue weighted by atomic mass is 16.5. The van der Waals surface area contributed by atoms with Crippen LogP contribution in [0.5, 0.6) is 0 Å². The molecule has 0 aliphatic rings. The first-order valence-corrected chi connectivity index (χ1v) is 7.61. The largest absolute Gasteiger partial charge is 0.377 e. The van der Waals surface area contributed by atoms with Gasteiger partial charge >= 0.3 is 0 Å². The van der Waals surface area contributed by atoms with Crippen molar-refractivity contribution in [2.45, 2.75) is 58.6 Å². The summed E-state index contributed by atoms with van der Waals surface area (Å²) >= 11 is 0. The summed E-state index contributed by atoms with van der Waals surface area (Å²) in [5, 5.41) is 3.52. The zero-order valence-corrected chi connectivity index (χ0v) is 12.7. The van der Waals surface area contributed by atoms with Crippen LogP contribution in [0.1, 0.15) is 45.6 Å². The first-order chi connectivity index (χ1) is 9.22. The number of rotatable bonds is 10. The number of hydrogen-bond donors (Lipinski definition) is 1. The molecule has 0 saturated carbocycles. The van der Waals surface area contributed by atoms with Gasteiger partial charge in [-0.1, -0.05) is 43.7 Å². The van der Waals surface area contributed by atoms with E-state index in [2.05, 4.69) is 56.4 Å². The highest BCUT2D eigenvalue weighted by Crippen LogP contribution is 2.03. The van der Waals surface area contributed by atoms with Crippen LogP contribution in [0.2, 0.25) is 0 Å². The van der Waals surface area contributed by atoms with Crippen LogP contribution in [0.4, 0.5) is 0 Å². The summed E-state index contributed by atoms with van der Waals surface area (Å²) in [6, 6.07) is 11.2. The van der Waals surface area contributed by atoms with Crippen molar-refractivity contribution in [3.8, 4) is 0 Å². The van der Waals surface area contributed by atoms with Crippen LogP contribution < -0.4 is 5.32 Å². The Bertz CT molecular complexity index is 312. The van der Waals surface area contributed by atoms with E-state index < -0.39 is 0 Å². The maximum atomic E-state index is 5.83. The van der Waals surface area contributed by atoms with E-state index in [-0.39, 0.29) is 0 Å². The molecule has 108 valence electrons. The van der Waals surface area contributed by atoms with Crippen LogP contribution in [0, 0.1) is 0 Å². The van der Waals surface area contributed by atoms with Gasteiger partial charge in [-0.3, -0.25) is 0 Å². The third kappa shape index (κ3) is 8.02. The van der Waals surface area contributed by atoms with Crippen molar-refractivity contribution in [2.75, 3.05) is 13.2 Å². The minimum absolute atomic E-state index is 0.301. The van der Waals surface area contributed by atoms with E-state index in [4.69, 9.17) is 4.74 Å². The van der Waals surface area contributed by atoms with Gasteiger partial charge < -0.3 is 10.1 Å². The summed E-state index contributed by atoms with van der Waals surface area (Å²) in [7, 11) is 0. The summed E-state index contributed by atoms with van der Waals surface area (Å²) in [6.45, 7) is 8.41. The molecule has 1 aromatic rings. The van der Waals surface area contributed by atoms with Gasteiger partial charge in [-0.15, -0.1) is 0 Å². The fraction of sp³-hybridized carbons (Fsp3) is 0.647. The predicted octanol–water partition coefficient (Wildman–Crippen LogP) is 3.80. The van der Waals surface area contributed by atoms with Crippen molar-refractivity contribution >= 4 is 0 Å². The summed E-state index contributed by atoms with van der Waals surface area (Å²) in [4.78, 5) is 0. The highest BCUT2D eigenvalue weighted by molar-refractivity contribution is 5.14. The molecule has 0 amide bonds. The fourth-order valence-electron chi connectivity index (χ4n) is 2.17. The van der Waals surface area contributed by atoms with Gasteiger partial charge in [0.1, 0.15) is 0 Å². The van der Waals surface area contributed by atoms with E-state index in [1.165, 1.54) is 18.4 Å². The van der Waals surface area contributed by atoms with E-state index in [0.717, 1.165) is 26.0 Å². The van der Waals surface area contributed by atoms with Gasteiger partial charge in [0.2, 0.25) is 0 Å². The molecule has 0 aliphatic carbocycles. The summed E-state index contributed by atoms with van der Waals surface area (Å²) in [5.41, 5.74) is 1.40. The Morgan fingerprint density at radius 3 is 2.58 bits per heavy atom. The van der Waals surface area contributed by atoms with E-state index in [9.17, 15) is 0 Å². The van der Waals surface area contributed by atoms with Gasteiger partial charge in [0, 0.05) is 19.2 Å². The molecule has 2 nitrogen and oxygen atoms in total. The number of benzene rings is 1. The van der Waals surface area contributed by atoms with Crippen molar-refractivity contribution in [3.05, 3.63) is 35.9 Å². The molecule has 1 rings (SSSR count). The predicted molar refractivity (Wildman–Crippen MR) is 82.5 cm³/mol. The van der Waals surface area contributed by atoms with Crippen LogP contribution in [0.25, 0.3) is 0 Å².